The summed E-state index contributed by atoms with van der Waals surface area (Å²) in [5.41, 5.74) is 0. The normalized spacial score (nSPS) is 49.6. The summed E-state index contributed by atoms with van der Waals surface area (Å²) in [6.45, 7) is 0.382. The molecule has 0 radical (unpaired) electrons. The standard InChI is InChI=1S/C6H10O5/c7-3-1-4(11-8)5-2-9-6(3)10-5/h3-8H,1-2H2. The van der Waals surface area contributed by atoms with E-state index in [1.165, 1.54) is 0 Å². The molecule has 0 saturated carbocycles. The molecule has 0 spiro atoms. The summed E-state index contributed by atoms with van der Waals surface area (Å²) >= 11 is 0. The molecular weight excluding hydrogens is 152 g/mol. The van der Waals surface area contributed by atoms with Gasteiger partial charge in [-0.3, -0.25) is 5.26 Å². The topological polar surface area (TPSA) is 68.2 Å². The third-order valence-electron chi connectivity index (χ3n) is 2.07. The molecule has 2 aliphatic heterocycles. The predicted octanol–water partition coefficient (Wildman–Crippen LogP) is -0.649. The zero-order chi connectivity index (χ0) is 7.84. The molecule has 2 saturated heterocycles. The average Bonchev–Trinajstić information content (AvgIpc) is 2.43. The minimum Gasteiger partial charge on any atom is -0.388 e. The third kappa shape index (κ3) is 1.15. The van der Waals surface area contributed by atoms with Crippen LogP contribution >= 0.6 is 0 Å². The minimum atomic E-state index is -0.689. The molecule has 0 aromatic carbocycles. The highest BCUT2D eigenvalue weighted by Gasteiger charge is 2.44. The minimum absolute atomic E-state index is 0.228. The quantitative estimate of drug-likeness (QED) is 0.396. The molecule has 5 nitrogen and oxygen atoms in total. The first kappa shape index (κ1) is 7.45. The second-order valence-corrected chi connectivity index (χ2v) is 2.82. The summed E-state index contributed by atoms with van der Waals surface area (Å²) in [5, 5.41) is 17.6. The van der Waals surface area contributed by atoms with Crippen LogP contribution < -0.4 is 0 Å². The number of hydrogen-bond donors (Lipinski definition) is 2. The molecule has 5 heteroatoms. The highest BCUT2D eigenvalue weighted by atomic mass is 17.1. The van der Waals surface area contributed by atoms with Crippen LogP contribution in [0.1, 0.15) is 6.42 Å². The summed E-state index contributed by atoms with van der Waals surface area (Å²) in [4.78, 5) is 4.13. The van der Waals surface area contributed by atoms with E-state index >= 15 is 0 Å². The fourth-order valence-corrected chi connectivity index (χ4v) is 1.45. The van der Waals surface area contributed by atoms with Crippen LogP contribution in [0.25, 0.3) is 0 Å². The van der Waals surface area contributed by atoms with Crippen molar-refractivity contribution in [3.63, 3.8) is 0 Å². The van der Waals surface area contributed by atoms with E-state index in [1.807, 2.05) is 0 Å². The number of rotatable bonds is 1. The summed E-state index contributed by atoms with van der Waals surface area (Å²) in [6, 6.07) is 0. The molecule has 4 atom stereocenters. The van der Waals surface area contributed by atoms with Crippen molar-refractivity contribution < 1.29 is 24.7 Å². The Kier molecular flexibility index (Phi) is 1.82. The lowest BCUT2D eigenvalue weighted by Crippen LogP contribution is -2.42. The van der Waals surface area contributed by atoms with Gasteiger partial charge in [0.25, 0.3) is 0 Å². The lowest BCUT2D eigenvalue weighted by molar-refractivity contribution is -0.319. The number of fused-ring (bicyclic) bond motifs is 2. The molecule has 2 fully saturated rings. The Morgan fingerprint density at radius 3 is 3.00 bits per heavy atom. The highest BCUT2D eigenvalue weighted by Crippen LogP contribution is 2.28. The molecule has 11 heavy (non-hydrogen) atoms. The van der Waals surface area contributed by atoms with Crippen molar-refractivity contribution >= 4 is 0 Å². The van der Waals surface area contributed by atoms with Gasteiger partial charge in [0.1, 0.15) is 18.3 Å². The smallest absolute Gasteiger partial charge is 0.184 e. The Hall–Kier alpha value is -0.200. The summed E-state index contributed by atoms with van der Waals surface area (Å²) in [7, 11) is 0. The summed E-state index contributed by atoms with van der Waals surface area (Å²) in [6.07, 6.45) is -1.53. The van der Waals surface area contributed by atoms with Gasteiger partial charge in [0.15, 0.2) is 6.29 Å². The van der Waals surface area contributed by atoms with Crippen molar-refractivity contribution in [2.45, 2.75) is 31.0 Å². The van der Waals surface area contributed by atoms with Crippen LogP contribution in [0.5, 0.6) is 0 Å². The fraction of sp³-hybridized carbons (Fsp3) is 1.00. The van der Waals surface area contributed by atoms with Gasteiger partial charge in [-0.1, -0.05) is 0 Å². The first-order chi connectivity index (χ1) is 5.31. The average molecular weight is 162 g/mol. The molecule has 0 aliphatic carbocycles. The van der Waals surface area contributed by atoms with E-state index in [0.29, 0.717) is 13.0 Å². The van der Waals surface area contributed by atoms with Crippen molar-refractivity contribution in [3.8, 4) is 0 Å². The van der Waals surface area contributed by atoms with E-state index in [0.717, 1.165) is 0 Å². The van der Waals surface area contributed by atoms with E-state index < -0.39 is 18.5 Å². The molecule has 0 aromatic heterocycles. The largest absolute Gasteiger partial charge is 0.388 e. The number of hydrogen-bond acceptors (Lipinski definition) is 5. The van der Waals surface area contributed by atoms with Crippen molar-refractivity contribution in [2.24, 2.45) is 0 Å². The number of ether oxygens (including phenoxy) is 2. The maximum Gasteiger partial charge on any atom is 0.184 e. The van der Waals surface area contributed by atoms with Gasteiger partial charge in [-0.05, 0) is 0 Å². The number of aliphatic hydroxyl groups excluding tert-OH is 1. The maximum absolute atomic E-state index is 9.26. The van der Waals surface area contributed by atoms with Crippen LogP contribution in [-0.2, 0) is 14.4 Å². The third-order valence-corrected chi connectivity index (χ3v) is 2.07. The Bertz CT molecular complexity index is 150. The SMILES string of the molecule is OOC1CC(O)C2OCC1O2. The molecule has 2 N–H and O–H groups in total. The van der Waals surface area contributed by atoms with E-state index in [1.54, 1.807) is 0 Å². The molecule has 2 rings (SSSR count). The zero-order valence-corrected chi connectivity index (χ0v) is 5.84. The Balaban J connectivity index is 2.05. The van der Waals surface area contributed by atoms with E-state index in [4.69, 9.17) is 14.7 Å². The zero-order valence-electron chi connectivity index (χ0n) is 5.84. The lowest BCUT2D eigenvalue weighted by Gasteiger charge is -2.28. The van der Waals surface area contributed by atoms with Gasteiger partial charge in [-0.2, -0.15) is 0 Å². The lowest BCUT2D eigenvalue weighted by atomic mass is 10.1. The van der Waals surface area contributed by atoms with Crippen LogP contribution in [0, 0.1) is 0 Å². The predicted molar refractivity (Wildman–Crippen MR) is 32.7 cm³/mol. The first-order valence-corrected chi connectivity index (χ1v) is 3.56. The molecule has 4 unspecified atom stereocenters. The molecule has 2 bridgehead atoms. The second-order valence-electron chi connectivity index (χ2n) is 2.82. The fourth-order valence-electron chi connectivity index (χ4n) is 1.45. The van der Waals surface area contributed by atoms with Gasteiger partial charge in [0.2, 0.25) is 0 Å². The van der Waals surface area contributed by atoms with Gasteiger partial charge >= 0.3 is 0 Å². The second kappa shape index (κ2) is 2.69. The van der Waals surface area contributed by atoms with Crippen LogP contribution in [-0.4, -0.2) is 41.6 Å². The van der Waals surface area contributed by atoms with Gasteiger partial charge in [-0.15, -0.1) is 0 Å². The van der Waals surface area contributed by atoms with Crippen molar-refractivity contribution in [3.05, 3.63) is 0 Å². The van der Waals surface area contributed by atoms with Crippen molar-refractivity contribution in [1.82, 2.24) is 0 Å². The Morgan fingerprint density at radius 1 is 1.45 bits per heavy atom. The van der Waals surface area contributed by atoms with Crippen molar-refractivity contribution in [1.29, 1.82) is 0 Å². The van der Waals surface area contributed by atoms with Crippen LogP contribution in [0.15, 0.2) is 0 Å². The number of aliphatic hydroxyl groups is 1. The van der Waals surface area contributed by atoms with E-state index in [9.17, 15) is 5.11 Å². The van der Waals surface area contributed by atoms with Gasteiger partial charge in [0, 0.05) is 6.42 Å². The molecule has 0 amide bonds. The van der Waals surface area contributed by atoms with Gasteiger partial charge < -0.3 is 14.6 Å². The summed E-state index contributed by atoms with van der Waals surface area (Å²) < 4.78 is 10.2. The monoisotopic (exact) mass is 162 g/mol. The molecule has 2 heterocycles. The Morgan fingerprint density at radius 2 is 2.27 bits per heavy atom. The maximum atomic E-state index is 9.26. The van der Waals surface area contributed by atoms with Crippen molar-refractivity contribution in [2.75, 3.05) is 6.61 Å². The van der Waals surface area contributed by atoms with Crippen LogP contribution in [0.2, 0.25) is 0 Å². The molecule has 0 aromatic rings. The van der Waals surface area contributed by atoms with Gasteiger partial charge in [-0.25, -0.2) is 4.89 Å². The Labute approximate surface area is 63.4 Å². The van der Waals surface area contributed by atoms with Crippen LogP contribution in [0.4, 0.5) is 0 Å². The highest BCUT2D eigenvalue weighted by molar-refractivity contribution is 4.85. The van der Waals surface area contributed by atoms with E-state index in [-0.39, 0.29) is 6.10 Å². The van der Waals surface area contributed by atoms with Crippen LogP contribution in [0.3, 0.4) is 0 Å². The first-order valence-electron chi connectivity index (χ1n) is 3.56. The summed E-state index contributed by atoms with van der Waals surface area (Å²) in [5.74, 6) is 0. The van der Waals surface area contributed by atoms with Gasteiger partial charge in [0.05, 0.1) is 6.61 Å². The molecule has 2 aliphatic rings. The van der Waals surface area contributed by atoms with E-state index in [2.05, 4.69) is 4.89 Å². The molecule has 64 valence electrons. The molecular formula is C6H10O5.